The summed E-state index contributed by atoms with van der Waals surface area (Å²) in [6, 6.07) is 10.6. The van der Waals surface area contributed by atoms with Crippen LogP contribution in [0, 0.1) is 6.92 Å². The Labute approximate surface area is 143 Å². The highest BCUT2D eigenvalue weighted by atomic mass is 79.9. The van der Waals surface area contributed by atoms with E-state index in [0.717, 1.165) is 19.9 Å². The van der Waals surface area contributed by atoms with Gasteiger partial charge in [-0.05, 0) is 59.3 Å². The minimum atomic E-state index is -0.150. The van der Waals surface area contributed by atoms with Crippen molar-refractivity contribution in [1.82, 2.24) is 0 Å². The number of halogens is 3. The Hall–Kier alpha value is -1.10. The fourth-order valence-electron chi connectivity index (χ4n) is 2.19. The van der Waals surface area contributed by atoms with Gasteiger partial charge < -0.3 is 4.42 Å². The van der Waals surface area contributed by atoms with Crippen molar-refractivity contribution in [3.63, 3.8) is 0 Å². The first-order chi connectivity index (χ1) is 9.97. The van der Waals surface area contributed by atoms with Crippen LogP contribution in [0.1, 0.15) is 21.7 Å². The van der Waals surface area contributed by atoms with Crippen molar-refractivity contribution in [3.05, 3.63) is 67.3 Å². The van der Waals surface area contributed by atoms with Gasteiger partial charge in [-0.3, -0.25) is 4.79 Å². The summed E-state index contributed by atoms with van der Waals surface area (Å²) in [5.41, 5.74) is 2.05. The van der Waals surface area contributed by atoms with Gasteiger partial charge in [0.1, 0.15) is 5.58 Å². The third kappa shape index (κ3) is 2.68. The molecule has 2 nitrogen and oxygen atoms in total. The van der Waals surface area contributed by atoms with Gasteiger partial charge in [0, 0.05) is 26.0 Å². The highest BCUT2D eigenvalue weighted by Crippen LogP contribution is 2.35. The van der Waals surface area contributed by atoms with E-state index >= 15 is 0 Å². The van der Waals surface area contributed by atoms with Crippen molar-refractivity contribution >= 4 is 60.2 Å². The molecule has 21 heavy (non-hydrogen) atoms. The van der Waals surface area contributed by atoms with Crippen LogP contribution in [0.5, 0.6) is 0 Å². The van der Waals surface area contributed by atoms with E-state index in [0.29, 0.717) is 21.9 Å². The smallest absolute Gasteiger partial charge is 0.228 e. The first-order valence-electron chi connectivity index (χ1n) is 6.16. The molecule has 0 bridgehead atoms. The molecule has 0 saturated heterocycles. The molecule has 5 heteroatoms. The van der Waals surface area contributed by atoms with Crippen LogP contribution in [0.2, 0.25) is 5.02 Å². The molecular formula is C16H9Br2ClO2. The van der Waals surface area contributed by atoms with E-state index in [1.165, 1.54) is 0 Å². The minimum absolute atomic E-state index is 0.150. The van der Waals surface area contributed by atoms with Crippen molar-refractivity contribution in [3.8, 4) is 0 Å². The monoisotopic (exact) mass is 426 g/mol. The summed E-state index contributed by atoms with van der Waals surface area (Å²) in [6.45, 7) is 1.88. The lowest BCUT2D eigenvalue weighted by Gasteiger charge is -1.99. The molecule has 0 N–H and O–H groups in total. The van der Waals surface area contributed by atoms with Crippen molar-refractivity contribution in [2.75, 3.05) is 0 Å². The number of aryl methyl sites for hydroxylation is 1. The molecule has 0 radical (unpaired) electrons. The lowest BCUT2D eigenvalue weighted by molar-refractivity contribution is 0.101. The zero-order valence-corrected chi connectivity index (χ0v) is 14.8. The normalized spacial score (nSPS) is 11.0. The largest absolute Gasteiger partial charge is 0.451 e. The third-order valence-corrected chi connectivity index (χ3v) is 4.57. The predicted molar refractivity (Wildman–Crippen MR) is 91.2 cm³/mol. The number of hydrogen-bond acceptors (Lipinski definition) is 2. The van der Waals surface area contributed by atoms with Gasteiger partial charge in [-0.25, -0.2) is 0 Å². The molecule has 0 aliphatic carbocycles. The molecule has 0 aliphatic rings. The van der Waals surface area contributed by atoms with Crippen molar-refractivity contribution < 1.29 is 9.21 Å². The average molecular weight is 429 g/mol. The Morgan fingerprint density at radius 3 is 2.48 bits per heavy atom. The van der Waals surface area contributed by atoms with Crippen molar-refractivity contribution in [1.29, 1.82) is 0 Å². The van der Waals surface area contributed by atoms with Crippen LogP contribution in [0.25, 0.3) is 11.0 Å². The second-order valence-corrected chi connectivity index (χ2v) is 6.86. The fourth-order valence-corrected chi connectivity index (χ4v) is 3.62. The van der Waals surface area contributed by atoms with Gasteiger partial charge in [0.05, 0.1) is 4.47 Å². The molecule has 0 amide bonds. The van der Waals surface area contributed by atoms with Crippen LogP contribution in [-0.2, 0) is 0 Å². The van der Waals surface area contributed by atoms with Crippen LogP contribution in [-0.4, -0.2) is 5.78 Å². The maximum absolute atomic E-state index is 12.6. The van der Waals surface area contributed by atoms with E-state index in [9.17, 15) is 4.79 Å². The molecule has 3 aromatic rings. The summed E-state index contributed by atoms with van der Waals surface area (Å²) in [5.74, 6) is 0.203. The van der Waals surface area contributed by atoms with Gasteiger partial charge in [-0.1, -0.05) is 27.5 Å². The third-order valence-electron chi connectivity index (χ3n) is 3.27. The molecule has 0 spiro atoms. The number of carbonyl (C=O) groups is 1. The Morgan fingerprint density at radius 1 is 1.14 bits per heavy atom. The Bertz CT molecular complexity index is 851. The average Bonchev–Trinajstić information content (AvgIpc) is 2.77. The molecule has 2 aromatic carbocycles. The molecule has 0 unspecified atom stereocenters. The summed E-state index contributed by atoms with van der Waals surface area (Å²) in [5, 5.41) is 1.51. The lowest BCUT2D eigenvalue weighted by atomic mass is 10.1. The van der Waals surface area contributed by atoms with E-state index in [2.05, 4.69) is 31.9 Å². The second kappa shape index (κ2) is 5.59. The quantitative estimate of drug-likeness (QED) is 0.458. The van der Waals surface area contributed by atoms with E-state index in [-0.39, 0.29) is 5.78 Å². The molecule has 0 atom stereocenters. The van der Waals surface area contributed by atoms with E-state index in [4.69, 9.17) is 16.0 Å². The first kappa shape index (κ1) is 14.8. The van der Waals surface area contributed by atoms with Gasteiger partial charge in [0.25, 0.3) is 0 Å². The number of benzene rings is 2. The number of hydrogen-bond donors (Lipinski definition) is 0. The number of rotatable bonds is 2. The Morgan fingerprint density at radius 2 is 1.81 bits per heavy atom. The van der Waals surface area contributed by atoms with Crippen LogP contribution >= 0.6 is 43.5 Å². The molecule has 0 saturated carbocycles. The summed E-state index contributed by atoms with van der Waals surface area (Å²) in [4.78, 5) is 12.6. The summed E-state index contributed by atoms with van der Waals surface area (Å²) in [7, 11) is 0. The SMILES string of the molecule is Cc1c(C(=O)c2ccc(Cl)cc2)oc2c(Br)cc(Br)cc12. The van der Waals surface area contributed by atoms with E-state index < -0.39 is 0 Å². The van der Waals surface area contributed by atoms with Crippen molar-refractivity contribution in [2.24, 2.45) is 0 Å². The highest BCUT2D eigenvalue weighted by Gasteiger charge is 2.20. The topological polar surface area (TPSA) is 30.2 Å². The molecule has 3 rings (SSSR count). The summed E-state index contributed by atoms with van der Waals surface area (Å²) in [6.07, 6.45) is 0. The van der Waals surface area contributed by atoms with E-state index in [1.54, 1.807) is 24.3 Å². The van der Waals surface area contributed by atoms with E-state index in [1.807, 2.05) is 19.1 Å². The van der Waals surface area contributed by atoms with Crippen LogP contribution in [0.3, 0.4) is 0 Å². The zero-order chi connectivity index (χ0) is 15.1. The number of furan rings is 1. The van der Waals surface area contributed by atoms with Gasteiger partial charge in [-0.2, -0.15) is 0 Å². The summed E-state index contributed by atoms with van der Waals surface area (Å²) < 4.78 is 7.52. The molecule has 1 heterocycles. The molecule has 0 fully saturated rings. The zero-order valence-electron chi connectivity index (χ0n) is 10.9. The first-order valence-corrected chi connectivity index (χ1v) is 8.12. The number of carbonyl (C=O) groups excluding carboxylic acids is 1. The van der Waals surface area contributed by atoms with Crippen molar-refractivity contribution in [2.45, 2.75) is 6.92 Å². The Kier molecular flexibility index (Phi) is 3.95. The molecule has 106 valence electrons. The van der Waals surface area contributed by atoms with Gasteiger partial charge >= 0.3 is 0 Å². The summed E-state index contributed by atoms with van der Waals surface area (Å²) >= 11 is 12.8. The maximum Gasteiger partial charge on any atom is 0.228 e. The van der Waals surface area contributed by atoms with Crippen LogP contribution in [0.15, 0.2) is 49.8 Å². The maximum atomic E-state index is 12.6. The molecule has 0 aliphatic heterocycles. The minimum Gasteiger partial charge on any atom is -0.451 e. The molecular weight excluding hydrogens is 419 g/mol. The highest BCUT2D eigenvalue weighted by molar-refractivity contribution is 9.11. The Balaban J connectivity index is 2.16. The number of ketones is 1. The molecule has 1 aromatic heterocycles. The van der Waals surface area contributed by atoms with Gasteiger partial charge in [-0.15, -0.1) is 0 Å². The standard InChI is InChI=1S/C16H9Br2ClO2/c1-8-12-6-10(17)7-13(18)16(12)21-15(8)14(20)9-2-4-11(19)5-3-9/h2-7H,1H3. The fraction of sp³-hybridized carbons (Fsp3) is 0.0625. The number of fused-ring (bicyclic) bond motifs is 1. The van der Waals surface area contributed by atoms with Gasteiger partial charge in [0.2, 0.25) is 5.78 Å². The van der Waals surface area contributed by atoms with Gasteiger partial charge in [0.15, 0.2) is 5.76 Å². The predicted octanol–water partition coefficient (Wildman–Crippen LogP) is 6.15. The lowest BCUT2D eigenvalue weighted by Crippen LogP contribution is -2.00. The second-order valence-electron chi connectivity index (χ2n) is 4.66. The van der Waals surface area contributed by atoms with Crippen LogP contribution < -0.4 is 0 Å². The van der Waals surface area contributed by atoms with Crippen LogP contribution in [0.4, 0.5) is 0 Å².